The molecule has 0 saturated carbocycles. The van der Waals surface area contributed by atoms with E-state index < -0.39 is 17.6 Å². The Labute approximate surface area is 158 Å². The monoisotopic (exact) mass is 477 g/mol. The van der Waals surface area contributed by atoms with Gasteiger partial charge in [-0.2, -0.15) is 18.2 Å². The van der Waals surface area contributed by atoms with Crippen molar-refractivity contribution < 1.29 is 26.9 Å². The quantitative estimate of drug-likeness (QED) is 0.547. The molecule has 0 radical (unpaired) electrons. The van der Waals surface area contributed by atoms with Gasteiger partial charge in [0.05, 0.1) is 17.5 Å². The molecule has 0 aliphatic heterocycles. The van der Waals surface area contributed by atoms with E-state index in [-0.39, 0.29) is 30.2 Å². The highest BCUT2D eigenvalue weighted by Crippen LogP contribution is 2.32. The Bertz CT molecular complexity index is 907. The number of benzene rings is 1. The molecular formula is C16H11F3IN3O3. The van der Waals surface area contributed by atoms with Crippen LogP contribution >= 0.6 is 22.6 Å². The molecule has 1 aromatic carbocycles. The lowest BCUT2D eigenvalue weighted by Gasteiger charge is -2.11. The maximum atomic E-state index is 12.8. The largest absolute Gasteiger partial charge is 0.461 e. The molecule has 136 valence electrons. The summed E-state index contributed by atoms with van der Waals surface area (Å²) in [5.41, 5.74) is -0.722. The van der Waals surface area contributed by atoms with Gasteiger partial charge in [-0.1, -0.05) is 5.16 Å². The van der Waals surface area contributed by atoms with Crippen LogP contribution in [0.15, 0.2) is 45.5 Å². The van der Waals surface area contributed by atoms with E-state index in [0.29, 0.717) is 9.33 Å². The summed E-state index contributed by atoms with van der Waals surface area (Å²) in [4.78, 5) is 16.1. The van der Waals surface area contributed by atoms with Crippen LogP contribution < -0.4 is 5.32 Å². The fraction of sp³-hybridized carbons (Fsp3) is 0.188. The molecule has 0 aliphatic carbocycles. The lowest BCUT2D eigenvalue weighted by atomic mass is 10.2. The van der Waals surface area contributed by atoms with Crippen molar-refractivity contribution in [2.24, 2.45) is 0 Å². The van der Waals surface area contributed by atoms with Gasteiger partial charge in [-0.15, -0.1) is 0 Å². The Morgan fingerprint density at radius 3 is 2.77 bits per heavy atom. The second-order valence-corrected chi connectivity index (χ2v) is 6.39. The molecule has 2 aromatic heterocycles. The van der Waals surface area contributed by atoms with Gasteiger partial charge < -0.3 is 14.3 Å². The van der Waals surface area contributed by atoms with Crippen LogP contribution in [0.2, 0.25) is 0 Å². The van der Waals surface area contributed by atoms with E-state index in [2.05, 4.69) is 15.5 Å². The number of carbonyl (C=O) groups excluding carboxylic acids is 1. The smallest absolute Gasteiger partial charge is 0.416 e. The van der Waals surface area contributed by atoms with Gasteiger partial charge in [-0.05, 0) is 52.9 Å². The number of hydrogen-bond donors (Lipinski definition) is 1. The molecule has 3 aromatic rings. The number of aromatic nitrogens is 2. The molecule has 3 rings (SSSR count). The second kappa shape index (κ2) is 7.48. The lowest BCUT2D eigenvalue weighted by molar-refractivity contribution is -0.137. The van der Waals surface area contributed by atoms with Crippen LogP contribution in [-0.2, 0) is 17.4 Å². The Morgan fingerprint density at radius 2 is 2.08 bits per heavy atom. The van der Waals surface area contributed by atoms with Gasteiger partial charge in [-0.3, -0.25) is 4.79 Å². The highest BCUT2D eigenvalue weighted by Gasteiger charge is 2.31. The van der Waals surface area contributed by atoms with E-state index in [4.69, 9.17) is 8.94 Å². The van der Waals surface area contributed by atoms with Crippen molar-refractivity contribution in [3.63, 3.8) is 0 Å². The number of amides is 1. The number of nitrogens with zero attached hydrogens (tertiary/aromatic N) is 2. The van der Waals surface area contributed by atoms with Gasteiger partial charge in [0.25, 0.3) is 0 Å². The topological polar surface area (TPSA) is 81.2 Å². The van der Waals surface area contributed by atoms with Crippen LogP contribution in [-0.4, -0.2) is 16.0 Å². The third-order valence-corrected chi connectivity index (χ3v) is 4.28. The summed E-state index contributed by atoms with van der Waals surface area (Å²) >= 11 is 1.85. The van der Waals surface area contributed by atoms with Crippen LogP contribution in [0.3, 0.4) is 0 Å². The predicted molar refractivity (Wildman–Crippen MR) is 93.1 cm³/mol. The van der Waals surface area contributed by atoms with Gasteiger partial charge >= 0.3 is 6.18 Å². The molecule has 6 nitrogen and oxygen atoms in total. The van der Waals surface area contributed by atoms with Crippen LogP contribution in [0.5, 0.6) is 0 Å². The summed E-state index contributed by atoms with van der Waals surface area (Å²) in [5, 5.41) is 6.21. The molecule has 0 bridgehead atoms. The van der Waals surface area contributed by atoms with Crippen molar-refractivity contribution in [3.8, 4) is 11.6 Å². The molecule has 0 spiro atoms. The fourth-order valence-electron chi connectivity index (χ4n) is 2.09. The zero-order chi connectivity index (χ0) is 18.7. The van der Waals surface area contributed by atoms with Crippen molar-refractivity contribution in [3.05, 3.63) is 51.6 Å². The molecule has 0 fully saturated rings. The summed E-state index contributed by atoms with van der Waals surface area (Å²) in [7, 11) is 0. The minimum absolute atomic E-state index is 0.0217. The first-order valence-corrected chi connectivity index (χ1v) is 8.44. The van der Waals surface area contributed by atoms with Gasteiger partial charge in [0.15, 0.2) is 5.76 Å². The van der Waals surface area contributed by atoms with E-state index >= 15 is 0 Å². The summed E-state index contributed by atoms with van der Waals surface area (Å²) in [5.74, 6) is 0.464. The highest BCUT2D eigenvalue weighted by molar-refractivity contribution is 14.1. The number of carbonyl (C=O) groups is 1. The number of nitrogens with one attached hydrogen (secondary N) is 1. The summed E-state index contributed by atoms with van der Waals surface area (Å²) < 4.78 is 49.0. The molecule has 10 heteroatoms. The van der Waals surface area contributed by atoms with Gasteiger partial charge in [-0.25, -0.2) is 0 Å². The van der Waals surface area contributed by atoms with E-state index in [1.807, 2.05) is 22.6 Å². The Balaban J connectivity index is 1.61. The minimum Gasteiger partial charge on any atom is -0.461 e. The van der Waals surface area contributed by atoms with Crippen LogP contribution in [0.4, 0.5) is 18.9 Å². The van der Waals surface area contributed by atoms with Crippen LogP contribution in [0.25, 0.3) is 11.6 Å². The van der Waals surface area contributed by atoms with Crippen molar-refractivity contribution in [1.29, 1.82) is 0 Å². The second-order valence-electron chi connectivity index (χ2n) is 5.23. The molecule has 0 unspecified atom stereocenters. The van der Waals surface area contributed by atoms with Gasteiger partial charge in [0.1, 0.15) is 0 Å². The number of hydrogen-bond acceptors (Lipinski definition) is 5. The average Bonchev–Trinajstić information content (AvgIpc) is 3.25. The van der Waals surface area contributed by atoms with E-state index in [9.17, 15) is 18.0 Å². The number of halogens is 4. The summed E-state index contributed by atoms with van der Waals surface area (Å²) in [6.45, 7) is 0. The molecule has 0 saturated heterocycles. The average molecular weight is 477 g/mol. The maximum Gasteiger partial charge on any atom is 0.416 e. The first-order valence-electron chi connectivity index (χ1n) is 7.36. The molecule has 0 atom stereocenters. The SMILES string of the molecule is O=C(CCc1nc(-c2ccco2)no1)Nc1cc(C(F)(F)F)ccc1I. The standard InChI is InChI=1S/C16H11F3IN3O3/c17-16(18,19)9-3-4-10(20)11(8-9)21-13(24)5-6-14-22-15(23-26-14)12-2-1-7-25-12/h1-4,7-8H,5-6H2,(H,21,24). The van der Waals surface area contributed by atoms with Crippen molar-refractivity contribution in [1.82, 2.24) is 10.1 Å². The predicted octanol–water partition coefficient (Wildman–Crippen LogP) is 4.52. The molecule has 26 heavy (non-hydrogen) atoms. The lowest BCUT2D eigenvalue weighted by Crippen LogP contribution is -2.14. The van der Waals surface area contributed by atoms with Crippen LogP contribution in [0, 0.1) is 3.57 Å². The third kappa shape index (κ3) is 4.42. The third-order valence-electron chi connectivity index (χ3n) is 3.34. The summed E-state index contributed by atoms with van der Waals surface area (Å²) in [6.07, 6.45) is -2.88. The molecule has 1 N–H and O–H groups in total. The van der Waals surface area contributed by atoms with Gasteiger partial charge in [0, 0.05) is 16.4 Å². The van der Waals surface area contributed by atoms with Crippen molar-refractivity contribution in [2.45, 2.75) is 19.0 Å². The number of alkyl halides is 3. The fourth-order valence-corrected chi connectivity index (χ4v) is 2.56. The first-order chi connectivity index (χ1) is 12.3. The normalized spacial score (nSPS) is 11.5. The number of rotatable bonds is 5. The van der Waals surface area contributed by atoms with Crippen molar-refractivity contribution in [2.75, 3.05) is 5.32 Å². The zero-order valence-corrected chi connectivity index (χ0v) is 15.2. The highest BCUT2D eigenvalue weighted by atomic mass is 127. The zero-order valence-electron chi connectivity index (χ0n) is 13.0. The number of anilines is 1. The molecule has 0 aliphatic rings. The Kier molecular flexibility index (Phi) is 5.30. The number of aryl methyl sites for hydroxylation is 1. The van der Waals surface area contributed by atoms with E-state index in [0.717, 1.165) is 12.1 Å². The van der Waals surface area contributed by atoms with E-state index in [1.54, 1.807) is 12.1 Å². The molecule has 2 heterocycles. The van der Waals surface area contributed by atoms with Crippen molar-refractivity contribution >= 4 is 34.2 Å². The Hall–Kier alpha value is -2.37. The first kappa shape index (κ1) is 18.4. The minimum atomic E-state index is -4.48. The van der Waals surface area contributed by atoms with Gasteiger partial charge in [0.2, 0.25) is 17.6 Å². The Morgan fingerprint density at radius 1 is 1.27 bits per heavy atom. The van der Waals surface area contributed by atoms with E-state index in [1.165, 1.54) is 12.3 Å². The molecule has 1 amide bonds. The van der Waals surface area contributed by atoms with Crippen LogP contribution in [0.1, 0.15) is 17.9 Å². The summed E-state index contributed by atoms with van der Waals surface area (Å²) in [6, 6.07) is 6.51. The molecular weight excluding hydrogens is 466 g/mol. The maximum absolute atomic E-state index is 12.8. The number of furan rings is 1.